The molecule has 2 rings (SSSR count). The summed E-state index contributed by atoms with van der Waals surface area (Å²) in [5.74, 6) is 0.803. The van der Waals surface area contributed by atoms with Gasteiger partial charge in [0.05, 0.1) is 0 Å². The summed E-state index contributed by atoms with van der Waals surface area (Å²) < 4.78 is 5.66. The van der Waals surface area contributed by atoms with Crippen LogP contribution in [0.2, 0.25) is 0 Å². The molecule has 0 saturated carbocycles. The fourth-order valence-electron chi connectivity index (χ4n) is 1.80. The molecule has 2 aromatic rings. The Hall–Kier alpha value is -1.56. The summed E-state index contributed by atoms with van der Waals surface area (Å²) in [6.07, 6.45) is 1.38. The van der Waals surface area contributed by atoms with Crippen LogP contribution in [0, 0.1) is 0 Å². The van der Waals surface area contributed by atoms with E-state index in [1.807, 2.05) is 44.3 Å². The molecule has 0 aliphatic rings. The lowest BCUT2D eigenvalue weighted by Gasteiger charge is -2.15. The molecule has 5 heteroatoms. The first kappa shape index (κ1) is 15.5. The molecule has 6 N–H and O–H groups in total. The lowest BCUT2D eigenvalue weighted by molar-refractivity contribution is 0.105. The second kappa shape index (κ2) is 7.13. The zero-order chi connectivity index (χ0) is 13.0. The number of H-pyrrole nitrogens is 1. The molecule has 0 aliphatic carbocycles. The number of hydrogen-bond donors (Lipinski definition) is 4. The van der Waals surface area contributed by atoms with Crippen LogP contribution in [0.3, 0.4) is 0 Å². The van der Waals surface area contributed by atoms with E-state index in [0.29, 0.717) is 19.2 Å². The zero-order valence-corrected chi connectivity index (χ0v) is 11.5. The molecular formula is C14H23N3O2. The highest BCUT2D eigenvalue weighted by molar-refractivity contribution is 5.85. The minimum absolute atomic E-state index is 0. The Kier molecular flexibility index (Phi) is 5.82. The molecule has 1 heterocycles. The van der Waals surface area contributed by atoms with Gasteiger partial charge in [-0.15, -0.1) is 0 Å². The number of aromatic amines is 1. The molecule has 0 radical (unpaired) electrons. The van der Waals surface area contributed by atoms with Gasteiger partial charge in [-0.2, -0.15) is 0 Å². The number of benzene rings is 1. The number of fused-ring (bicyclic) bond motifs is 1. The van der Waals surface area contributed by atoms with Gasteiger partial charge in [0.15, 0.2) is 0 Å². The van der Waals surface area contributed by atoms with Gasteiger partial charge in [0.25, 0.3) is 0 Å². The highest BCUT2D eigenvalue weighted by atomic mass is 16.5. The molecule has 106 valence electrons. The van der Waals surface area contributed by atoms with E-state index >= 15 is 0 Å². The van der Waals surface area contributed by atoms with Gasteiger partial charge >= 0.3 is 0 Å². The van der Waals surface area contributed by atoms with Crippen molar-refractivity contribution in [2.45, 2.75) is 26.0 Å². The summed E-state index contributed by atoms with van der Waals surface area (Å²) in [5, 5.41) is 14.0. The number of aromatic nitrogens is 1. The summed E-state index contributed by atoms with van der Waals surface area (Å²) in [4.78, 5) is 3.13. The van der Waals surface area contributed by atoms with Gasteiger partial charge < -0.3 is 26.3 Å². The molecule has 0 saturated heterocycles. The number of hydrogen-bond acceptors (Lipinski definition) is 4. The molecule has 1 aromatic carbocycles. The number of aliphatic hydroxyl groups is 1. The van der Waals surface area contributed by atoms with Crippen LogP contribution in [0.5, 0.6) is 5.75 Å². The van der Waals surface area contributed by atoms with Crippen LogP contribution in [0.4, 0.5) is 0 Å². The first-order chi connectivity index (χ1) is 8.66. The zero-order valence-electron chi connectivity index (χ0n) is 11.5. The Morgan fingerprint density at radius 2 is 2.11 bits per heavy atom. The van der Waals surface area contributed by atoms with Crippen LogP contribution >= 0.6 is 0 Å². The summed E-state index contributed by atoms with van der Waals surface area (Å²) in [7, 11) is 0. The van der Waals surface area contributed by atoms with Crippen molar-refractivity contribution in [3.05, 3.63) is 30.5 Å². The molecule has 0 aliphatic heterocycles. The fourth-order valence-corrected chi connectivity index (χ4v) is 1.80. The normalized spacial score (nSPS) is 12.4. The smallest absolute Gasteiger partial charge is 0.128 e. The fraction of sp³-hybridized carbons (Fsp3) is 0.429. The van der Waals surface area contributed by atoms with Crippen LogP contribution in [0.25, 0.3) is 10.9 Å². The number of ether oxygens (including phenoxy) is 1. The van der Waals surface area contributed by atoms with Gasteiger partial charge in [-0.25, -0.2) is 0 Å². The highest BCUT2D eigenvalue weighted by Gasteiger charge is 2.08. The summed E-state index contributed by atoms with van der Waals surface area (Å²) in [6.45, 7) is 4.94. The van der Waals surface area contributed by atoms with Crippen molar-refractivity contribution >= 4 is 10.9 Å². The van der Waals surface area contributed by atoms with Crippen molar-refractivity contribution in [1.29, 1.82) is 0 Å². The number of rotatable bonds is 6. The quantitative estimate of drug-likeness (QED) is 0.643. The Morgan fingerprint density at radius 1 is 1.32 bits per heavy atom. The molecular weight excluding hydrogens is 242 g/mol. The van der Waals surface area contributed by atoms with Gasteiger partial charge in [-0.05, 0) is 18.2 Å². The van der Waals surface area contributed by atoms with Crippen LogP contribution in [-0.2, 0) is 0 Å². The molecule has 1 unspecified atom stereocenters. The van der Waals surface area contributed by atoms with E-state index in [1.54, 1.807) is 0 Å². The van der Waals surface area contributed by atoms with E-state index in [0.717, 1.165) is 16.7 Å². The maximum atomic E-state index is 9.79. The minimum atomic E-state index is -0.499. The average Bonchev–Trinajstić information content (AvgIpc) is 2.82. The molecule has 0 bridgehead atoms. The van der Waals surface area contributed by atoms with Crippen LogP contribution in [0.1, 0.15) is 13.8 Å². The second-order valence-corrected chi connectivity index (χ2v) is 4.72. The first-order valence-electron chi connectivity index (χ1n) is 6.27. The predicted molar refractivity (Wildman–Crippen MR) is 78.0 cm³/mol. The first-order valence-corrected chi connectivity index (χ1v) is 6.27. The maximum absolute atomic E-state index is 9.79. The van der Waals surface area contributed by atoms with E-state index in [4.69, 9.17) is 4.74 Å². The summed E-state index contributed by atoms with van der Waals surface area (Å²) >= 11 is 0. The average molecular weight is 265 g/mol. The summed E-state index contributed by atoms with van der Waals surface area (Å²) in [6, 6.07) is 8.20. The summed E-state index contributed by atoms with van der Waals surface area (Å²) in [5.41, 5.74) is 1.04. The standard InChI is InChI=1S/C14H20N2O2.H3N/c1-10(2)16-8-11(17)9-18-14-5-3-4-13-12(14)6-7-15-13;/h3-7,10-11,15-17H,8-9H2,1-2H3;1H3. The Labute approximate surface area is 113 Å². The van der Waals surface area contributed by atoms with E-state index < -0.39 is 6.10 Å². The molecule has 5 nitrogen and oxygen atoms in total. The van der Waals surface area contributed by atoms with Crippen LogP contribution < -0.4 is 16.2 Å². The highest BCUT2D eigenvalue weighted by Crippen LogP contribution is 2.24. The third-order valence-corrected chi connectivity index (χ3v) is 2.75. The van der Waals surface area contributed by atoms with Gasteiger partial charge in [-0.3, -0.25) is 0 Å². The van der Waals surface area contributed by atoms with E-state index in [9.17, 15) is 5.11 Å². The largest absolute Gasteiger partial charge is 0.490 e. The van der Waals surface area contributed by atoms with Gasteiger partial charge in [0.1, 0.15) is 18.5 Å². The Morgan fingerprint density at radius 3 is 2.84 bits per heavy atom. The predicted octanol–water partition coefficient (Wildman–Crippen LogP) is 2.07. The monoisotopic (exact) mass is 265 g/mol. The molecule has 0 amide bonds. The topological polar surface area (TPSA) is 92.3 Å². The number of nitrogens with one attached hydrogen (secondary N) is 2. The van der Waals surface area contributed by atoms with Crippen molar-refractivity contribution in [3.63, 3.8) is 0 Å². The molecule has 1 aromatic heterocycles. The third-order valence-electron chi connectivity index (χ3n) is 2.75. The number of aliphatic hydroxyl groups excluding tert-OH is 1. The lowest BCUT2D eigenvalue weighted by atomic mass is 10.2. The minimum Gasteiger partial charge on any atom is -0.490 e. The Balaban J connectivity index is 0.00000180. The van der Waals surface area contributed by atoms with Gasteiger partial charge in [0, 0.05) is 29.7 Å². The van der Waals surface area contributed by atoms with Crippen molar-refractivity contribution in [2.75, 3.05) is 13.2 Å². The second-order valence-electron chi connectivity index (χ2n) is 4.72. The Bertz CT molecular complexity index is 496. The van der Waals surface area contributed by atoms with Crippen molar-refractivity contribution in [3.8, 4) is 5.75 Å². The van der Waals surface area contributed by atoms with Crippen molar-refractivity contribution < 1.29 is 9.84 Å². The molecule has 1 atom stereocenters. The molecule has 19 heavy (non-hydrogen) atoms. The molecule has 0 fully saturated rings. The van der Waals surface area contributed by atoms with E-state index in [2.05, 4.69) is 10.3 Å². The van der Waals surface area contributed by atoms with Crippen LogP contribution in [0.15, 0.2) is 30.5 Å². The maximum Gasteiger partial charge on any atom is 0.128 e. The van der Waals surface area contributed by atoms with Crippen molar-refractivity contribution in [2.24, 2.45) is 0 Å². The van der Waals surface area contributed by atoms with Gasteiger partial charge in [-0.1, -0.05) is 19.9 Å². The van der Waals surface area contributed by atoms with E-state index in [1.165, 1.54) is 0 Å². The van der Waals surface area contributed by atoms with Gasteiger partial charge in [0.2, 0.25) is 0 Å². The van der Waals surface area contributed by atoms with Crippen LogP contribution in [-0.4, -0.2) is 35.4 Å². The SMILES string of the molecule is CC(C)NCC(O)COc1cccc2[nH]ccc12.N. The lowest BCUT2D eigenvalue weighted by Crippen LogP contribution is -2.35. The van der Waals surface area contributed by atoms with Crippen molar-refractivity contribution in [1.82, 2.24) is 16.5 Å². The third kappa shape index (κ3) is 4.24. The molecule has 0 spiro atoms. The van der Waals surface area contributed by atoms with E-state index in [-0.39, 0.29) is 6.15 Å².